The summed E-state index contributed by atoms with van der Waals surface area (Å²) < 4.78 is 54.1. The highest BCUT2D eigenvalue weighted by atomic mass is 35.5. The number of ether oxygens (including phenoxy) is 5. The molecule has 11 heterocycles. The molecular formula is C122H151Cl2FN10O10. The molecule has 0 N–H and O–H groups in total. The maximum Gasteiger partial charge on any atom is 0.161 e. The molecule has 5 aromatic heterocycles. The van der Waals surface area contributed by atoms with Crippen molar-refractivity contribution in [3.8, 4) is 23.0 Å². The van der Waals surface area contributed by atoms with E-state index in [-0.39, 0.29) is 53.0 Å². The van der Waals surface area contributed by atoms with Crippen LogP contribution >= 0.6 is 23.2 Å². The Hall–Kier alpha value is -10.7. The molecule has 6 atom stereocenters. The number of halogens is 3. The van der Waals surface area contributed by atoms with Gasteiger partial charge in [-0.25, -0.2) is 4.39 Å². The molecule has 2 bridgehead atoms. The van der Waals surface area contributed by atoms with E-state index in [9.17, 15) is 28.4 Å². The van der Waals surface area contributed by atoms with Crippen LogP contribution in [0.2, 0.25) is 10.0 Å². The van der Waals surface area contributed by atoms with Gasteiger partial charge in [0.2, 0.25) is 0 Å². The maximum absolute atomic E-state index is 13.0. The highest BCUT2D eigenvalue weighted by molar-refractivity contribution is 6.31. The van der Waals surface area contributed by atoms with Gasteiger partial charge in [-0.15, -0.1) is 0 Å². The number of carbonyl (C=O) groups is 5. The van der Waals surface area contributed by atoms with Crippen LogP contribution in [0, 0.1) is 24.6 Å². The summed E-state index contributed by atoms with van der Waals surface area (Å²) in [6.07, 6.45) is 39.3. The lowest BCUT2D eigenvalue weighted by molar-refractivity contribution is 0.0321. The van der Waals surface area contributed by atoms with Crippen molar-refractivity contribution in [2.24, 2.45) is 11.8 Å². The van der Waals surface area contributed by atoms with Gasteiger partial charge in [-0.2, -0.15) is 0 Å². The predicted molar refractivity (Wildman–Crippen MR) is 585 cm³/mol. The Balaban J connectivity index is 0.000000124. The van der Waals surface area contributed by atoms with Crippen LogP contribution in [0.3, 0.4) is 0 Å². The topological polar surface area (TPSA) is 172 Å². The highest BCUT2D eigenvalue weighted by Crippen LogP contribution is 2.54. The molecule has 13 aromatic rings. The number of aryl methyl sites for hydroxylation is 6. The molecule has 8 aromatic carbocycles. The van der Waals surface area contributed by atoms with Crippen LogP contribution in [-0.2, 0) is 37.5 Å². The molecule has 23 heteroatoms. The Morgan fingerprint density at radius 1 is 0.379 bits per heavy atom. The lowest BCUT2D eigenvalue weighted by Crippen LogP contribution is -2.43. The number of Topliss-reactive ketones (excluding diaryl/α,β-unsaturated/α-hetero) is 5. The van der Waals surface area contributed by atoms with Gasteiger partial charge in [0.15, 0.2) is 28.9 Å². The third-order valence-electron chi connectivity index (χ3n) is 31.9. The molecule has 8 aliphatic rings. The van der Waals surface area contributed by atoms with E-state index in [0.29, 0.717) is 17.7 Å². The summed E-state index contributed by atoms with van der Waals surface area (Å²) in [5, 5.41) is 6.73. The summed E-state index contributed by atoms with van der Waals surface area (Å²) in [4.78, 5) is 73.0. The van der Waals surface area contributed by atoms with Crippen LogP contribution in [0.25, 0.3) is 54.5 Å². The average Bonchev–Trinajstić information content (AvgIpc) is 1.54. The van der Waals surface area contributed by atoms with Crippen molar-refractivity contribution in [2.45, 2.75) is 284 Å². The number of carbonyl (C=O) groups excluding carboxylic acids is 5. The van der Waals surface area contributed by atoms with Crippen molar-refractivity contribution >= 4 is 107 Å². The number of methoxy groups -OCH3 is 1. The van der Waals surface area contributed by atoms with Gasteiger partial charge in [0.05, 0.1) is 24.2 Å². The van der Waals surface area contributed by atoms with E-state index in [1.54, 1.807) is 53.9 Å². The number of hydrogen-bond donors (Lipinski definition) is 0. The standard InChI is InChI=1S/C25H29ClN2O2.C25H36N2O.C24H27ClN2O2.C24H27FN2O2.C24H32N2O3/c1-18-5-3-6-23-24(19(2)29)17-28(25(18)23)14-4-13-27-15-11-22(12-16-27)30-21-9-7-20(26)8-10-21;1-3-4-5-9-20-16-21-12-13-22(17-20)27(21)15-8-14-26-18-24(19(2)28)23-10-6-7-11-25(23)26;2*1-18(28)23-17-27(24-6-3-2-5-22(23)24)14-4-13-26-15-11-21(12-16-26)29-20-9-7-19(25)8-10-20;1-16(27)20-14-25(23-19(20)6-4-7-21(23)28-3)10-5-11-26-22-12-18(13-24(22,26)2)29-15-17-8-9-17/h3,5-10,17,22H,4,11-16H2,1-2H3;6-7,10-11,18,20-22H,3-5,8-9,12-17H2,1-2H3;2*2-3,5-10,17,21H,4,11-16H2,1H3;4,6-7,14,17-18,22H,5,8-13,15H2,1-3H3. The summed E-state index contributed by atoms with van der Waals surface area (Å²) in [5.74, 6) is 5.60. The van der Waals surface area contributed by atoms with Crippen molar-refractivity contribution < 1.29 is 52.0 Å². The quantitative estimate of drug-likeness (QED) is 0.0202. The van der Waals surface area contributed by atoms with Crippen molar-refractivity contribution in [3.05, 3.63) is 262 Å². The Morgan fingerprint density at radius 2 is 0.752 bits per heavy atom. The smallest absolute Gasteiger partial charge is 0.161 e. The maximum atomic E-state index is 13.0. The largest absolute Gasteiger partial charge is 0.495 e. The Kier molecular flexibility index (Phi) is 36.3. The summed E-state index contributed by atoms with van der Waals surface area (Å²) in [5.41, 5.74) is 11.4. The number of aromatic nitrogens is 5. The average molecular weight is 2010 g/mol. The zero-order valence-corrected chi connectivity index (χ0v) is 88.4. The first-order valence-corrected chi connectivity index (χ1v) is 54.8. The Labute approximate surface area is 867 Å². The van der Waals surface area contributed by atoms with Crippen LogP contribution < -0.4 is 18.9 Å². The molecule has 770 valence electrons. The van der Waals surface area contributed by atoms with Crippen LogP contribution in [0.15, 0.2) is 213 Å². The second-order valence-electron chi connectivity index (χ2n) is 42.3. The van der Waals surface area contributed by atoms with Gasteiger partial charge < -0.3 is 61.2 Å². The number of benzene rings is 8. The first-order valence-electron chi connectivity index (χ1n) is 54.0. The van der Waals surface area contributed by atoms with Crippen LogP contribution in [0.5, 0.6) is 23.0 Å². The van der Waals surface area contributed by atoms with E-state index in [1.807, 2.05) is 140 Å². The molecule has 6 unspecified atom stereocenters. The van der Waals surface area contributed by atoms with Crippen LogP contribution in [-0.4, -0.2) is 210 Å². The molecule has 2 saturated carbocycles. The van der Waals surface area contributed by atoms with E-state index in [1.165, 1.54) is 119 Å². The molecule has 0 radical (unpaired) electrons. The lowest BCUT2D eigenvalue weighted by atomic mass is 9.86. The second-order valence-corrected chi connectivity index (χ2v) is 43.2. The van der Waals surface area contributed by atoms with E-state index in [4.69, 9.17) is 46.9 Å². The van der Waals surface area contributed by atoms with Gasteiger partial charge in [0.1, 0.15) is 47.1 Å². The number of ketones is 5. The Morgan fingerprint density at radius 3 is 1.16 bits per heavy atom. The van der Waals surface area contributed by atoms with Gasteiger partial charge in [-0.1, -0.05) is 141 Å². The van der Waals surface area contributed by atoms with Crippen LogP contribution in [0.1, 0.15) is 253 Å². The minimum absolute atomic E-state index is 0.104. The van der Waals surface area contributed by atoms with E-state index < -0.39 is 0 Å². The van der Waals surface area contributed by atoms with E-state index in [0.717, 1.165) is 297 Å². The number of fused-ring (bicyclic) bond motifs is 8. The molecule has 0 spiro atoms. The number of piperidine rings is 5. The predicted octanol–water partition coefficient (Wildman–Crippen LogP) is 26.4. The summed E-state index contributed by atoms with van der Waals surface area (Å²) in [6.45, 7) is 32.4. The lowest BCUT2D eigenvalue weighted by Gasteiger charge is -2.39. The van der Waals surface area contributed by atoms with Gasteiger partial charge in [0.25, 0.3) is 0 Å². The molecule has 20 nitrogen and oxygen atoms in total. The summed E-state index contributed by atoms with van der Waals surface area (Å²) in [6, 6.07) is 60.6. The summed E-state index contributed by atoms with van der Waals surface area (Å²) >= 11 is 11.9. The van der Waals surface area contributed by atoms with Crippen molar-refractivity contribution in [1.82, 2.24) is 47.3 Å². The number of likely N-dealkylation sites (tertiary alicyclic amines) is 4. The second kappa shape index (κ2) is 49.9. The molecule has 0 amide bonds. The molecule has 21 rings (SSSR count). The number of unbranched alkanes of at least 4 members (excludes halogenated alkanes) is 2. The fraction of sp³-hybridized carbons (Fsp3) is 0.484. The zero-order valence-electron chi connectivity index (χ0n) is 86.9. The fourth-order valence-corrected chi connectivity index (χ4v) is 24.2. The van der Waals surface area contributed by atoms with Crippen molar-refractivity contribution in [3.63, 3.8) is 0 Å². The van der Waals surface area contributed by atoms with E-state index >= 15 is 0 Å². The third kappa shape index (κ3) is 27.1. The molecule has 6 aliphatic heterocycles. The molecular weight excluding hydrogens is 1860 g/mol. The van der Waals surface area contributed by atoms with Gasteiger partial charge >= 0.3 is 0 Å². The van der Waals surface area contributed by atoms with Gasteiger partial charge in [-0.3, -0.25) is 33.8 Å². The third-order valence-corrected chi connectivity index (χ3v) is 32.4. The first kappa shape index (κ1) is 106. The molecule has 2 aliphatic carbocycles. The zero-order chi connectivity index (χ0) is 101. The van der Waals surface area contributed by atoms with E-state index in [2.05, 4.69) is 117 Å². The molecule has 145 heavy (non-hydrogen) atoms. The minimum atomic E-state index is -0.238. The van der Waals surface area contributed by atoms with Crippen molar-refractivity contribution in [2.75, 3.05) is 85.7 Å². The first-order chi connectivity index (χ1) is 70.4. The van der Waals surface area contributed by atoms with Crippen LogP contribution in [0.4, 0.5) is 4.39 Å². The number of rotatable bonds is 39. The SMILES string of the molecule is CC(=O)c1cn(CCCN2CCC(Oc3ccc(Cl)cc3)CC2)c2c(C)cccc12.CC(=O)c1cn(CCCN2CCC(Oc3ccc(Cl)cc3)CC2)c2ccccc12.CC(=O)c1cn(CCCN2CCC(Oc3ccc(F)cc3)CC2)c2ccccc12.CCCCCC1CC2CCC(C1)N2CCCn1cc(C(C)=O)c2ccccc21.COc1cccc2c(C(C)=O)cn(CCCN3C4CC(OCC5CC5)CC43C)c12. The molecule has 8 fully saturated rings. The number of para-hydroxylation sites is 5. The highest BCUT2D eigenvalue weighted by Gasteiger charge is 2.64. The number of hydrogen-bond acceptors (Lipinski definition) is 15. The normalized spacial score (nSPS) is 20.4. The van der Waals surface area contributed by atoms with Gasteiger partial charge in [0, 0.05) is 228 Å². The van der Waals surface area contributed by atoms with Crippen molar-refractivity contribution in [1.29, 1.82) is 0 Å². The fourth-order valence-electron chi connectivity index (χ4n) is 24.0. The Bertz CT molecular complexity index is 6340. The molecule has 6 saturated heterocycles. The summed E-state index contributed by atoms with van der Waals surface area (Å²) in [7, 11) is 1.69. The monoisotopic (exact) mass is 2010 g/mol. The number of nitrogens with zero attached hydrogens (tertiary/aromatic N) is 10. The van der Waals surface area contributed by atoms with Gasteiger partial charge in [-0.05, 0) is 305 Å². The minimum Gasteiger partial charge on any atom is -0.495 e.